The minimum atomic E-state index is -1.09. The zero-order valence-electron chi connectivity index (χ0n) is 39.5. The van der Waals surface area contributed by atoms with Crippen molar-refractivity contribution in [1.29, 1.82) is 0 Å². The van der Waals surface area contributed by atoms with Crippen molar-refractivity contribution in [1.82, 2.24) is 30.1 Å². The molecule has 0 unspecified atom stereocenters. The van der Waals surface area contributed by atoms with Gasteiger partial charge < -0.3 is 34.9 Å². The van der Waals surface area contributed by atoms with Crippen LogP contribution in [0.5, 0.6) is 0 Å². The fraction of sp³-hybridized carbons (Fsp3) is 0.549. The Balaban J connectivity index is 1.30. The molecule has 1 aliphatic carbocycles. The van der Waals surface area contributed by atoms with Crippen LogP contribution < -0.4 is 16.5 Å². The maximum Gasteiger partial charge on any atom is 0.324 e. The minimum absolute atomic E-state index is 0.0914. The van der Waals surface area contributed by atoms with Gasteiger partial charge in [0.05, 0.1) is 19.1 Å². The molecule has 14 nitrogen and oxygen atoms in total. The number of aryl methyl sites for hydroxylation is 1. The number of benzene rings is 2. The Hall–Kier alpha value is -5.47. The number of ether oxygens (including phenoxy) is 2. The summed E-state index contributed by atoms with van der Waals surface area (Å²) >= 11 is 0. The topological polar surface area (TPSA) is 169 Å². The summed E-state index contributed by atoms with van der Waals surface area (Å²) in [5.41, 5.74) is 18.7. The van der Waals surface area contributed by atoms with Crippen molar-refractivity contribution in [2.45, 2.75) is 117 Å². The summed E-state index contributed by atoms with van der Waals surface area (Å²) in [6.07, 6.45) is 7.68. The van der Waals surface area contributed by atoms with Crippen LogP contribution in [0.3, 0.4) is 0 Å². The second-order valence-corrected chi connectivity index (χ2v) is 19.6. The molecule has 0 spiro atoms. The highest BCUT2D eigenvalue weighted by atomic mass is 16.5. The molecule has 65 heavy (non-hydrogen) atoms. The van der Waals surface area contributed by atoms with Crippen molar-refractivity contribution >= 4 is 51.8 Å². The van der Waals surface area contributed by atoms with Crippen molar-refractivity contribution < 1.29 is 33.4 Å². The Kier molecular flexibility index (Phi) is 14.6. The lowest BCUT2D eigenvalue weighted by Crippen LogP contribution is -2.62. The number of methoxy groups -OCH3 is 1. The van der Waals surface area contributed by atoms with Crippen LogP contribution in [0.15, 0.2) is 54.6 Å². The number of hydrogen-bond donors (Lipinski definition) is 3. The normalized spacial score (nSPS) is 22.1. The van der Waals surface area contributed by atoms with Crippen LogP contribution in [0.25, 0.3) is 27.6 Å². The van der Waals surface area contributed by atoms with E-state index in [0.29, 0.717) is 51.1 Å². The largest absolute Gasteiger partial charge is 0.464 e. The van der Waals surface area contributed by atoms with E-state index in [0.717, 1.165) is 59.8 Å². The van der Waals surface area contributed by atoms with Crippen molar-refractivity contribution in [3.05, 3.63) is 71.4 Å². The maximum absolute atomic E-state index is 14.7. The van der Waals surface area contributed by atoms with Crippen LogP contribution in [0, 0.1) is 17.3 Å². The van der Waals surface area contributed by atoms with Gasteiger partial charge in [-0.3, -0.25) is 29.0 Å². The number of allylic oxidation sites excluding steroid dienone is 1. The molecule has 4 N–H and O–H groups in total. The number of likely N-dealkylation sites (tertiary alicyclic amines) is 1. The minimum Gasteiger partial charge on any atom is -0.464 e. The number of amides is 4. The second kappa shape index (κ2) is 20.0. The van der Waals surface area contributed by atoms with E-state index in [4.69, 9.17) is 15.2 Å². The number of fused-ring (bicyclic) bond motifs is 6. The fourth-order valence-corrected chi connectivity index (χ4v) is 10.6. The number of nitrogens with one attached hydrogen (secondary N) is 2. The van der Waals surface area contributed by atoms with Crippen LogP contribution in [0.4, 0.5) is 5.69 Å². The molecule has 7 rings (SSSR count). The Morgan fingerprint density at radius 2 is 1.83 bits per heavy atom. The SMILES string of the molecule is C=CC(=O)N1CC[C@H](C(=O)N(C)[C@H](C(=O)N[C@H]2Cc3cc(N)cc(c3)-c3ccc4c(c3)c(c(C3=C(COC)CCCC3)n4CC)CC(C)(C)COC(=O)[C@@H]3CCCN(N3)C2=O)C(C)C)C1. The number of nitrogens with two attached hydrogens (primary N) is 1. The van der Waals surface area contributed by atoms with Crippen molar-refractivity contribution in [3.63, 3.8) is 0 Å². The predicted molar refractivity (Wildman–Crippen MR) is 253 cm³/mol. The molecule has 1 aromatic heterocycles. The number of nitrogen functional groups attached to an aromatic ring is 1. The predicted octanol–water partition coefficient (Wildman–Crippen LogP) is 6.05. The Bertz CT molecular complexity index is 2360. The number of rotatable bonds is 10. The molecule has 350 valence electrons. The third-order valence-corrected chi connectivity index (χ3v) is 13.8. The van der Waals surface area contributed by atoms with Gasteiger partial charge >= 0.3 is 5.97 Å². The monoisotopic (exact) mass is 892 g/mol. The molecule has 2 saturated heterocycles. The molecule has 4 aliphatic rings. The van der Waals surface area contributed by atoms with Gasteiger partial charge in [-0.1, -0.05) is 46.4 Å². The van der Waals surface area contributed by atoms with E-state index in [-0.39, 0.29) is 37.3 Å². The highest BCUT2D eigenvalue weighted by molar-refractivity contribution is 5.96. The van der Waals surface area contributed by atoms with E-state index in [9.17, 15) is 24.0 Å². The van der Waals surface area contributed by atoms with Crippen LogP contribution >= 0.6 is 0 Å². The first-order valence-electron chi connectivity index (χ1n) is 23.5. The van der Waals surface area contributed by atoms with E-state index < -0.39 is 47.2 Å². The summed E-state index contributed by atoms with van der Waals surface area (Å²) < 4.78 is 14.3. The molecule has 0 radical (unpaired) electrons. The number of carbonyl (C=O) groups excluding carboxylic acids is 5. The van der Waals surface area contributed by atoms with Gasteiger partial charge in [-0.2, -0.15) is 0 Å². The number of nitrogens with zero attached hydrogens (tertiary/aromatic N) is 4. The number of aromatic nitrogens is 1. The summed E-state index contributed by atoms with van der Waals surface area (Å²) in [7, 11) is 3.37. The number of hydrogen-bond acceptors (Lipinski definition) is 9. The van der Waals surface area contributed by atoms with Crippen LogP contribution in [-0.2, 0) is 52.8 Å². The first-order chi connectivity index (χ1) is 31.0. The lowest BCUT2D eigenvalue weighted by atomic mass is 9.82. The lowest BCUT2D eigenvalue weighted by molar-refractivity contribution is -0.155. The molecule has 6 bridgehead atoms. The molecule has 3 aliphatic heterocycles. The van der Waals surface area contributed by atoms with E-state index in [2.05, 4.69) is 60.9 Å². The van der Waals surface area contributed by atoms with Gasteiger partial charge in [-0.25, -0.2) is 5.43 Å². The van der Waals surface area contributed by atoms with E-state index >= 15 is 0 Å². The molecular weight excluding hydrogens is 823 g/mol. The average molecular weight is 892 g/mol. The van der Waals surface area contributed by atoms with Gasteiger partial charge in [-0.05, 0) is 128 Å². The first kappa shape index (κ1) is 47.5. The third kappa shape index (κ3) is 10.2. The molecule has 4 atom stereocenters. The maximum atomic E-state index is 14.7. The van der Waals surface area contributed by atoms with Crippen molar-refractivity contribution in [2.75, 3.05) is 52.7 Å². The number of anilines is 1. The Morgan fingerprint density at radius 1 is 1.06 bits per heavy atom. The van der Waals surface area contributed by atoms with E-state index in [1.54, 1.807) is 19.1 Å². The number of cyclic esters (lactones) is 1. The van der Waals surface area contributed by atoms with Crippen LogP contribution in [0.2, 0.25) is 0 Å². The zero-order valence-corrected chi connectivity index (χ0v) is 39.5. The van der Waals surface area contributed by atoms with E-state index in [1.807, 2.05) is 32.0 Å². The van der Waals surface area contributed by atoms with E-state index in [1.165, 1.54) is 38.4 Å². The highest BCUT2D eigenvalue weighted by Crippen LogP contribution is 2.43. The summed E-state index contributed by atoms with van der Waals surface area (Å²) in [5, 5.41) is 5.61. The van der Waals surface area contributed by atoms with Gasteiger partial charge in [0.15, 0.2) is 0 Å². The molecule has 2 aromatic carbocycles. The molecule has 4 heterocycles. The smallest absolute Gasteiger partial charge is 0.324 e. The zero-order chi connectivity index (χ0) is 46.7. The Labute approximate surface area is 383 Å². The number of esters is 1. The number of hydrazine groups is 1. The number of carbonyl (C=O) groups is 5. The molecular formula is C51H69N7O7. The van der Waals surface area contributed by atoms with Crippen molar-refractivity contribution in [2.24, 2.45) is 17.3 Å². The summed E-state index contributed by atoms with van der Waals surface area (Å²) in [6.45, 7) is 16.3. The molecule has 0 saturated carbocycles. The Morgan fingerprint density at radius 3 is 2.55 bits per heavy atom. The third-order valence-electron chi connectivity index (χ3n) is 13.8. The molecule has 2 fully saturated rings. The van der Waals surface area contributed by atoms with Gasteiger partial charge in [0.2, 0.25) is 17.7 Å². The molecule has 3 aromatic rings. The standard InChI is InChI=1S/C51H69N7O7/c1-9-44(59)56-21-19-34(28-56)48(61)55(7)45(31(3)4)47(60)53-42-24-32-22-36(25-37(52)23-32)33-17-18-43-39(26-33)40(46(57(43)10-2)38-15-12-11-14-35(38)29-64-8)27-51(5,6)30-65-50(63)41-16-13-20-58(54-41)49(42)62/h9,17-18,22-23,25-26,31,34,41-42,45,54H,1,10-16,19-21,24,27-30,52H2,2-8H3,(H,53,60)/t34-,41-,42-,45-/m0/s1. The lowest BCUT2D eigenvalue weighted by Gasteiger charge is -2.37. The van der Waals surface area contributed by atoms with Gasteiger partial charge in [0.1, 0.15) is 18.1 Å². The molecule has 14 heteroatoms. The number of likely N-dealkylation sites (N-methyl/N-ethyl adjacent to an activating group) is 1. The van der Waals surface area contributed by atoms with Gasteiger partial charge in [-0.15, -0.1) is 0 Å². The quantitative estimate of drug-likeness (QED) is 0.125. The van der Waals surface area contributed by atoms with Gasteiger partial charge in [0.25, 0.3) is 5.91 Å². The summed E-state index contributed by atoms with van der Waals surface area (Å²) in [5.74, 6) is -2.61. The van der Waals surface area contributed by atoms with Gasteiger partial charge in [0, 0.05) is 74.5 Å². The average Bonchev–Trinajstić information content (AvgIpc) is 3.90. The van der Waals surface area contributed by atoms with Crippen LogP contribution in [0.1, 0.15) is 96.4 Å². The van der Waals surface area contributed by atoms with Crippen molar-refractivity contribution in [3.8, 4) is 11.1 Å². The summed E-state index contributed by atoms with van der Waals surface area (Å²) in [4.78, 5) is 72.5. The second-order valence-electron chi connectivity index (χ2n) is 19.6. The molecule has 4 amide bonds. The highest BCUT2D eigenvalue weighted by Gasteiger charge is 2.40. The summed E-state index contributed by atoms with van der Waals surface area (Å²) in [6, 6.07) is 9.58. The first-order valence-corrected chi connectivity index (χ1v) is 23.5. The fourth-order valence-electron chi connectivity index (χ4n) is 10.6. The van der Waals surface area contributed by atoms with Crippen LogP contribution in [-0.4, -0.2) is 114 Å².